The highest BCUT2D eigenvalue weighted by atomic mass is 14.4. The molecule has 2 aliphatic rings. The zero-order valence-corrected chi connectivity index (χ0v) is 9.26. The first-order chi connectivity index (χ1) is 6.27. The molecule has 0 heterocycles. The lowest BCUT2D eigenvalue weighted by Gasteiger charge is -2.27. The Morgan fingerprint density at radius 3 is 2.08 bits per heavy atom. The molecular weight excluding hydrogens is 156 g/mol. The fraction of sp³-hybridized carbons (Fsp3) is 1.00. The molecule has 1 atom stereocenters. The number of hydrogen-bond acceptors (Lipinski definition) is 0. The van der Waals surface area contributed by atoms with E-state index in [4.69, 9.17) is 0 Å². The van der Waals surface area contributed by atoms with Gasteiger partial charge in [0, 0.05) is 0 Å². The molecule has 0 aromatic carbocycles. The predicted octanol–water partition coefficient (Wildman–Crippen LogP) is 4.25. The third-order valence-corrected chi connectivity index (χ3v) is 4.44. The van der Waals surface area contributed by atoms with Crippen LogP contribution in [0.1, 0.15) is 58.8 Å². The van der Waals surface area contributed by atoms with Crippen LogP contribution in [0.3, 0.4) is 0 Å². The van der Waals surface area contributed by atoms with Gasteiger partial charge in [0.15, 0.2) is 0 Å². The molecule has 2 fully saturated rings. The Hall–Kier alpha value is 0. The molecule has 0 radical (unpaired) electrons. The van der Waals surface area contributed by atoms with E-state index in [1.54, 1.807) is 32.1 Å². The summed E-state index contributed by atoms with van der Waals surface area (Å²) in [7, 11) is 0. The van der Waals surface area contributed by atoms with Gasteiger partial charge < -0.3 is 0 Å². The monoisotopic (exact) mass is 180 g/mol. The normalized spacial score (nSPS) is 40.4. The second-order valence-electron chi connectivity index (χ2n) is 5.63. The fourth-order valence-corrected chi connectivity index (χ4v) is 3.68. The first-order valence-electron chi connectivity index (χ1n) is 6.27. The molecule has 0 N–H and O–H groups in total. The Morgan fingerprint density at radius 2 is 1.54 bits per heavy atom. The van der Waals surface area contributed by atoms with Gasteiger partial charge in [-0.05, 0) is 30.1 Å². The summed E-state index contributed by atoms with van der Waals surface area (Å²) in [4.78, 5) is 0. The molecule has 76 valence electrons. The summed E-state index contributed by atoms with van der Waals surface area (Å²) in [6.45, 7) is 4.87. The molecule has 0 aromatic rings. The maximum absolute atomic E-state index is 2.44. The minimum absolute atomic E-state index is 0.934. The Labute approximate surface area is 83.1 Å². The molecule has 0 heteroatoms. The van der Waals surface area contributed by atoms with E-state index in [1.165, 1.54) is 12.8 Å². The molecule has 0 saturated heterocycles. The van der Waals surface area contributed by atoms with Crippen molar-refractivity contribution in [3.8, 4) is 0 Å². The van der Waals surface area contributed by atoms with E-state index in [2.05, 4.69) is 13.8 Å². The van der Waals surface area contributed by atoms with Crippen molar-refractivity contribution in [2.75, 3.05) is 0 Å². The quantitative estimate of drug-likeness (QED) is 0.566. The van der Waals surface area contributed by atoms with Crippen LogP contribution in [0.4, 0.5) is 0 Å². The topological polar surface area (TPSA) is 0 Å². The molecule has 2 rings (SSSR count). The second-order valence-corrected chi connectivity index (χ2v) is 5.63. The van der Waals surface area contributed by atoms with Crippen LogP contribution in [0.2, 0.25) is 0 Å². The molecule has 0 amide bonds. The van der Waals surface area contributed by atoms with Gasteiger partial charge in [-0.3, -0.25) is 0 Å². The van der Waals surface area contributed by atoms with E-state index in [9.17, 15) is 0 Å². The first-order valence-corrected chi connectivity index (χ1v) is 6.27. The maximum Gasteiger partial charge on any atom is -0.0360 e. The summed E-state index contributed by atoms with van der Waals surface area (Å²) in [6.07, 6.45) is 10.8. The number of fused-ring (bicyclic) bond motifs is 3. The standard InChI is InChI=1S/C13H24/c1-10(2)13-9-11-5-3-7-12(13)8-4-6-11/h10-13H,3-9H2,1-2H3. The lowest BCUT2D eigenvalue weighted by atomic mass is 9.79. The van der Waals surface area contributed by atoms with Crippen molar-refractivity contribution in [2.45, 2.75) is 58.8 Å². The van der Waals surface area contributed by atoms with Crippen LogP contribution >= 0.6 is 0 Å². The summed E-state index contributed by atoms with van der Waals surface area (Å²) in [6, 6.07) is 0. The molecule has 0 nitrogen and oxygen atoms in total. The van der Waals surface area contributed by atoms with Crippen LogP contribution in [0.15, 0.2) is 0 Å². The van der Waals surface area contributed by atoms with Gasteiger partial charge in [0.2, 0.25) is 0 Å². The van der Waals surface area contributed by atoms with Crippen molar-refractivity contribution in [1.82, 2.24) is 0 Å². The molecule has 2 bridgehead atoms. The average Bonchev–Trinajstić information content (AvgIpc) is 2.32. The SMILES string of the molecule is CC(C)C1CC2CCCC1CCC2. The molecule has 0 aromatic heterocycles. The van der Waals surface area contributed by atoms with E-state index in [0.717, 1.165) is 23.7 Å². The van der Waals surface area contributed by atoms with Crippen molar-refractivity contribution >= 4 is 0 Å². The van der Waals surface area contributed by atoms with Gasteiger partial charge in [-0.15, -0.1) is 0 Å². The van der Waals surface area contributed by atoms with Crippen LogP contribution in [-0.4, -0.2) is 0 Å². The van der Waals surface area contributed by atoms with Gasteiger partial charge >= 0.3 is 0 Å². The molecule has 0 aliphatic heterocycles. The summed E-state index contributed by atoms with van der Waals surface area (Å²) in [5, 5.41) is 0. The zero-order valence-electron chi connectivity index (χ0n) is 9.26. The Morgan fingerprint density at radius 1 is 0.923 bits per heavy atom. The van der Waals surface area contributed by atoms with Crippen molar-refractivity contribution < 1.29 is 0 Å². The Kier molecular flexibility index (Phi) is 2.96. The van der Waals surface area contributed by atoms with Gasteiger partial charge in [-0.2, -0.15) is 0 Å². The average molecular weight is 180 g/mol. The van der Waals surface area contributed by atoms with Crippen molar-refractivity contribution in [2.24, 2.45) is 23.7 Å². The molecular formula is C13H24. The van der Waals surface area contributed by atoms with Crippen LogP contribution in [0.5, 0.6) is 0 Å². The third kappa shape index (κ3) is 2.08. The minimum atomic E-state index is 0.934. The molecule has 2 saturated carbocycles. The minimum Gasteiger partial charge on any atom is -0.0625 e. The molecule has 2 aliphatic carbocycles. The summed E-state index contributed by atoms with van der Waals surface area (Å²) >= 11 is 0. The zero-order chi connectivity index (χ0) is 9.26. The van der Waals surface area contributed by atoms with E-state index in [1.807, 2.05) is 0 Å². The summed E-state index contributed by atoms with van der Waals surface area (Å²) in [5.74, 6) is 4.19. The number of hydrogen-bond donors (Lipinski definition) is 0. The Balaban J connectivity index is 2.09. The second kappa shape index (κ2) is 4.02. The van der Waals surface area contributed by atoms with Crippen LogP contribution < -0.4 is 0 Å². The summed E-state index contributed by atoms with van der Waals surface area (Å²) in [5.41, 5.74) is 0. The van der Waals surface area contributed by atoms with Crippen molar-refractivity contribution in [1.29, 1.82) is 0 Å². The van der Waals surface area contributed by atoms with E-state index >= 15 is 0 Å². The van der Waals surface area contributed by atoms with Gasteiger partial charge in [0.25, 0.3) is 0 Å². The fourth-order valence-electron chi connectivity index (χ4n) is 3.68. The Bertz CT molecular complexity index is 149. The maximum atomic E-state index is 2.44. The highest BCUT2D eigenvalue weighted by molar-refractivity contribution is 4.83. The van der Waals surface area contributed by atoms with Crippen LogP contribution in [0, 0.1) is 23.7 Å². The van der Waals surface area contributed by atoms with E-state index < -0.39 is 0 Å². The molecule has 0 spiro atoms. The van der Waals surface area contributed by atoms with Gasteiger partial charge in [0.05, 0.1) is 0 Å². The first kappa shape index (κ1) is 9.55. The predicted molar refractivity (Wildman–Crippen MR) is 57.6 cm³/mol. The van der Waals surface area contributed by atoms with Crippen molar-refractivity contribution in [3.05, 3.63) is 0 Å². The van der Waals surface area contributed by atoms with E-state index in [-0.39, 0.29) is 0 Å². The van der Waals surface area contributed by atoms with Crippen LogP contribution in [-0.2, 0) is 0 Å². The highest BCUT2D eigenvalue weighted by Gasteiger charge is 2.32. The van der Waals surface area contributed by atoms with Crippen molar-refractivity contribution in [3.63, 3.8) is 0 Å². The smallest absolute Gasteiger partial charge is 0.0360 e. The molecule has 13 heavy (non-hydrogen) atoms. The molecule has 1 unspecified atom stereocenters. The van der Waals surface area contributed by atoms with Gasteiger partial charge in [0.1, 0.15) is 0 Å². The highest BCUT2D eigenvalue weighted by Crippen LogP contribution is 2.43. The lowest BCUT2D eigenvalue weighted by molar-refractivity contribution is 0.229. The van der Waals surface area contributed by atoms with Gasteiger partial charge in [-0.1, -0.05) is 52.4 Å². The third-order valence-electron chi connectivity index (χ3n) is 4.44. The number of rotatable bonds is 1. The van der Waals surface area contributed by atoms with E-state index in [0.29, 0.717) is 0 Å². The summed E-state index contributed by atoms with van der Waals surface area (Å²) < 4.78 is 0. The largest absolute Gasteiger partial charge is 0.0625 e. The lowest BCUT2D eigenvalue weighted by Crippen LogP contribution is -2.18. The van der Waals surface area contributed by atoms with Gasteiger partial charge in [-0.25, -0.2) is 0 Å². The van der Waals surface area contributed by atoms with Crippen LogP contribution in [0.25, 0.3) is 0 Å².